The standard InChI is InChI=1S/C29H23ClFNO4S2/c1-16-12-14-38-26(16)24-22(25(33)21-7-4-13-37-21)23(17-8-10-19(30)11-9-17)29(2,28(35)36)32(24)27(34)18-5-3-6-20(31)15-18/h3-15,22-24H,1-2H3,(H,35,36). The second-order valence-corrected chi connectivity index (χ2v) is 11.8. The fraction of sp³-hybridized carbons (Fsp3) is 0.207. The summed E-state index contributed by atoms with van der Waals surface area (Å²) in [6.45, 7) is 3.35. The summed E-state index contributed by atoms with van der Waals surface area (Å²) >= 11 is 8.79. The highest BCUT2D eigenvalue weighted by molar-refractivity contribution is 7.12. The maximum atomic E-state index is 14.2. The third kappa shape index (κ3) is 4.26. The fourth-order valence-electron chi connectivity index (χ4n) is 5.51. The van der Waals surface area contributed by atoms with Gasteiger partial charge in [0, 0.05) is 21.4 Å². The van der Waals surface area contributed by atoms with Crippen LogP contribution in [-0.4, -0.2) is 33.2 Å². The molecule has 1 saturated heterocycles. The molecular weight excluding hydrogens is 545 g/mol. The van der Waals surface area contributed by atoms with Crippen LogP contribution in [-0.2, 0) is 4.79 Å². The molecule has 9 heteroatoms. The van der Waals surface area contributed by atoms with E-state index in [2.05, 4.69) is 0 Å². The number of nitrogens with zero attached hydrogens (tertiary/aromatic N) is 1. The lowest BCUT2D eigenvalue weighted by atomic mass is 9.73. The zero-order valence-electron chi connectivity index (χ0n) is 20.4. The molecule has 2 aromatic carbocycles. The summed E-state index contributed by atoms with van der Waals surface area (Å²) in [6, 6.07) is 16.3. The van der Waals surface area contributed by atoms with E-state index in [9.17, 15) is 23.9 Å². The van der Waals surface area contributed by atoms with Gasteiger partial charge in [-0.25, -0.2) is 9.18 Å². The zero-order chi connectivity index (χ0) is 27.2. The summed E-state index contributed by atoms with van der Waals surface area (Å²) < 4.78 is 14.2. The smallest absolute Gasteiger partial charge is 0.330 e. The van der Waals surface area contributed by atoms with Gasteiger partial charge in [0.25, 0.3) is 5.91 Å². The Balaban J connectivity index is 1.82. The lowest BCUT2D eigenvalue weighted by Gasteiger charge is -2.38. The number of carboxylic acid groups (broad SMARTS) is 1. The lowest BCUT2D eigenvalue weighted by molar-refractivity contribution is -0.148. The number of carbonyl (C=O) groups excluding carboxylic acids is 2. The molecule has 0 aliphatic carbocycles. The maximum absolute atomic E-state index is 14.2. The van der Waals surface area contributed by atoms with Crippen molar-refractivity contribution in [2.45, 2.75) is 31.3 Å². The quantitative estimate of drug-likeness (QED) is 0.249. The average molecular weight is 568 g/mol. The van der Waals surface area contributed by atoms with E-state index in [0.717, 1.165) is 11.6 Å². The molecule has 0 radical (unpaired) electrons. The summed E-state index contributed by atoms with van der Waals surface area (Å²) in [5, 5.41) is 14.9. The van der Waals surface area contributed by atoms with Crippen LogP contribution < -0.4 is 0 Å². The first-order valence-electron chi connectivity index (χ1n) is 11.8. The average Bonchev–Trinajstić information content (AvgIpc) is 3.63. The summed E-state index contributed by atoms with van der Waals surface area (Å²) in [6.07, 6.45) is 0. The normalized spacial score (nSPS) is 22.9. The summed E-state index contributed by atoms with van der Waals surface area (Å²) in [7, 11) is 0. The molecule has 1 fully saturated rings. The van der Waals surface area contributed by atoms with Crippen molar-refractivity contribution in [3.8, 4) is 0 Å². The molecule has 4 unspecified atom stereocenters. The van der Waals surface area contributed by atoms with Gasteiger partial charge in [-0.05, 0) is 78.2 Å². The van der Waals surface area contributed by atoms with Crippen molar-refractivity contribution in [1.29, 1.82) is 0 Å². The van der Waals surface area contributed by atoms with Crippen LogP contribution in [0.15, 0.2) is 77.5 Å². The van der Waals surface area contributed by atoms with Crippen LogP contribution >= 0.6 is 34.3 Å². The first-order valence-corrected chi connectivity index (χ1v) is 14.0. The Morgan fingerprint density at radius 3 is 2.32 bits per heavy atom. The molecule has 1 N–H and O–H groups in total. The number of benzene rings is 2. The van der Waals surface area contributed by atoms with Crippen LogP contribution in [0.25, 0.3) is 0 Å². The van der Waals surface area contributed by atoms with E-state index in [1.54, 1.807) is 41.8 Å². The zero-order valence-corrected chi connectivity index (χ0v) is 22.8. The molecule has 2 aromatic heterocycles. The van der Waals surface area contributed by atoms with E-state index in [1.807, 2.05) is 18.4 Å². The third-order valence-electron chi connectivity index (χ3n) is 7.27. The second kappa shape index (κ2) is 10.1. The monoisotopic (exact) mass is 567 g/mol. The summed E-state index contributed by atoms with van der Waals surface area (Å²) in [4.78, 5) is 44.2. The van der Waals surface area contributed by atoms with Gasteiger partial charge in [-0.3, -0.25) is 9.59 Å². The van der Waals surface area contributed by atoms with Crippen molar-refractivity contribution < 1.29 is 23.9 Å². The Kier molecular flexibility index (Phi) is 6.98. The van der Waals surface area contributed by atoms with Gasteiger partial charge in [0.2, 0.25) is 0 Å². The van der Waals surface area contributed by atoms with Gasteiger partial charge in [0.15, 0.2) is 5.78 Å². The molecule has 1 aliphatic heterocycles. The summed E-state index contributed by atoms with van der Waals surface area (Å²) in [5.74, 6) is -4.63. The molecule has 4 aromatic rings. The van der Waals surface area contributed by atoms with Crippen molar-refractivity contribution in [2.75, 3.05) is 0 Å². The molecule has 0 bridgehead atoms. The Bertz CT molecular complexity index is 1520. The van der Waals surface area contributed by atoms with E-state index in [1.165, 1.54) is 52.7 Å². The molecule has 194 valence electrons. The Morgan fingerprint density at radius 1 is 1.00 bits per heavy atom. The van der Waals surface area contributed by atoms with Gasteiger partial charge in [-0.2, -0.15) is 0 Å². The number of ketones is 1. The number of likely N-dealkylation sites (tertiary alicyclic amines) is 1. The van der Waals surface area contributed by atoms with E-state index in [-0.39, 0.29) is 11.3 Å². The van der Waals surface area contributed by atoms with Crippen LogP contribution in [0.5, 0.6) is 0 Å². The lowest BCUT2D eigenvalue weighted by Crippen LogP contribution is -2.54. The molecule has 1 amide bonds. The van der Waals surface area contributed by atoms with Gasteiger partial charge in [-0.1, -0.05) is 35.9 Å². The number of aryl methyl sites for hydroxylation is 1. The molecule has 4 atom stereocenters. The SMILES string of the molecule is Cc1ccsc1C1C(C(=O)c2cccs2)C(c2ccc(Cl)cc2)C(C)(C(=O)O)N1C(=O)c1cccc(F)c1. The number of thiophene rings is 2. The van der Waals surface area contributed by atoms with Gasteiger partial charge < -0.3 is 10.0 Å². The number of halogens is 2. The van der Waals surface area contributed by atoms with Crippen molar-refractivity contribution in [2.24, 2.45) is 5.92 Å². The van der Waals surface area contributed by atoms with Crippen LogP contribution in [0, 0.1) is 18.7 Å². The van der Waals surface area contributed by atoms with Crippen LogP contribution in [0.1, 0.15) is 54.9 Å². The number of hydrogen-bond donors (Lipinski definition) is 1. The van der Waals surface area contributed by atoms with E-state index >= 15 is 0 Å². The number of carboxylic acids is 1. The Morgan fingerprint density at radius 2 is 1.74 bits per heavy atom. The molecule has 0 saturated carbocycles. The molecule has 0 spiro atoms. The fourth-order valence-corrected chi connectivity index (χ4v) is 7.42. The molecule has 1 aliphatic rings. The van der Waals surface area contributed by atoms with Crippen molar-refractivity contribution in [3.63, 3.8) is 0 Å². The minimum absolute atomic E-state index is 0.00997. The first-order chi connectivity index (χ1) is 18.1. The predicted molar refractivity (Wildman–Crippen MR) is 147 cm³/mol. The molecule has 38 heavy (non-hydrogen) atoms. The Hall–Kier alpha value is -3.33. The van der Waals surface area contributed by atoms with Gasteiger partial charge in [0.1, 0.15) is 11.4 Å². The summed E-state index contributed by atoms with van der Waals surface area (Å²) in [5.41, 5.74) is -0.431. The second-order valence-electron chi connectivity index (χ2n) is 9.45. The van der Waals surface area contributed by atoms with Crippen LogP contribution in [0.4, 0.5) is 4.39 Å². The van der Waals surface area contributed by atoms with Crippen molar-refractivity contribution in [3.05, 3.63) is 115 Å². The molecule has 5 nitrogen and oxygen atoms in total. The number of carbonyl (C=O) groups is 3. The number of amides is 1. The highest BCUT2D eigenvalue weighted by Gasteiger charge is 2.65. The van der Waals surface area contributed by atoms with Crippen molar-refractivity contribution >= 4 is 51.9 Å². The van der Waals surface area contributed by atoms with Crippen LogP contribution in [0.3, 0.4) is 0 Å². The van der Waals surface area contributed by atoms with Gasteiger partial charge in [0.05, 0.1) is 16.8 Å². The number of rotatable bonds is 6. The minimum Gasteiger partial charge on any atom is -0.479 e. The third-order valence-corrected chi connectivity index (χ3v) is 9.50. The first kappa shape index (κ1) is 26.3. The Labute approximate surface area is 232 Å². The van der Waals surface area contributed by atoms with Gasteiger partial charge in [-0.15, -0.1) is 22.7 Å². The van der Waals surface area contributed by atoms with Crippen molar-refractivity contribution in [1.82, 2.24) is 4.90 Å². The highest BCUT2D eigenvalue weighted by atomic mass is 35.5. The maximum Gasteiger partial charge on any atom is 0.330 e. The van der Waals surface area contributed by atoms with Gasteiger partial charge >= 0.3 is 5.97 Å². The number of aliphatic carboxylic acids is 1. The van der Waals surface area contributed by atoms with E-state index in [0.29, 0.717) is 20.3 Å². The number of Topliss-reactive ketones (excluding diaryl/α,β-unsaturated/α-hetero) is 1. The van der Waals surface area contributed by atoms with E-state index in [4.69, 9.17) is 11.6 Å². The number of hydrogen-bond acceptors (Lipinski definition) is 5. The predicted octanol–water partition coefficient (Wildman–Crippen LogP) is 7.23. The molecular formula is C29H23ClFNO4S2. The molecule has 5 rings (SSSR count). The minimum atomic E-state index is -1.85. The topological polar surface area (TPSA) is 74.7 Å². The largest absolute Gasteiger partial charge is 0.479 e. The molecule has 3 heterocycles. The van der Waals surface area contributed by atoms with Crippen LogP contribution in [0.2, 0.25) is 5.02 Å². The highest BCUT2D eigenvalue weighted by Crippen LogP contribution is 2.58. The van der Waals surface area contributed by atoms with E-state index < -0.39 is 41.1 Å².